The van der Waals surface area contributed by atoms with Crippen LogP contribution in [-0.4, -0.2) is 59.2 Å². The van der Waals surface area contributed by atoms with Crippen LogP contribution in [-0.2, 0) is 11.2 Å². The second kappa shape index (κ2) is 10.5. The number of hydrogen-bond acceptors (Lipinski definition) is 7. The molecule has 0 saturated carbocycles. The van der Waals surface area contributed by atoms with E-state index in [9.17, 15) is 4.79 Å². The highest BCUT2D eigenvalue weighted by molar-refractivity contribution is 5.87. The number of nitrogens with one attached hydrogen (secondary N) is 1. The van der Waals surface area contributed by atoms with E-state index in [1.165, 1.54) is 17.2 Å². The standard InChI is InChI=1S/C32H33N9O/c1-3-28(42)39-16-11-22(12-17-39)36-29-20(2)18-21-19-23(7-8-24(21)29)41-31(25-6-4-13-34-30(25)33)37-26-9-10-27(38-32(26)41)40-15-5-14-35-40/h3-10,13-15,19-20,22,29,36H,1,11-12,16-18H2,2H3,(H2,33,34)/t20?,29-/m0/s1. The van der Waals surface area contributed by atoms with Crippen molar-refractivity contribution in [3.05, 3.63) is 90.9 Å². The number of rotatable bonds is 6. The molecule has 1 fully saturated rings. The first-order chi connectivity index (χ1) is 20.5. The molecule has 7 rings (SSSR count). The van der Waals surface area contributed by atoms with Crippen molar-refractivity contribution in [2.24, 2.45) is 5.92 Å². The number of nitrogens with zero attached hydrogens (tertiary/aromatic N) is 7. The number of pyridine rings is 2. The highest BCUT2D eigenvalue weighted by Gasteiger charge is 2.33. The summed E-state index contributed by atoms with van der Waals surface area (Å²) in [4.78, 5) is 28.2. The van der Waals surface area contributed by atoms with E-state index < -0.39 is 0 Å². The first kappa shape index (κ1) is 26.1. The predicted octanol–water partition coefficient (Wildman–Crippen LogP) is 4.25. The maximum atomic E-state index is 12.0. The van der Waals surface area contributed by atoms with Gasteiger partial charge in [-0.2, -0.15) is 5.10 Å². The van der Waals surface area contributed by atoms with Crippen molar-refractivity contribution >= 4 is 22.9 Å². The quantitative estimate of drug-likeness (QED) is 0.299. The zero-order valence-corrected chi connectivity index (χ0v) is 23.5. The maximum absolute atomic E-state index is 12.0. The maximum Gasteiger partial charge on any atom is 0.245 e. The van der Waals surface area contributed by atoms with Gasteiger partial charge in [-0.05, 0) is 84.8 Å². The fourth-order valence-corrected chi connectivity index (χ4v) is 6.40. The van der Waals surface area contributed by atoms with Gasteiger partial charge in [0.2, 0.25) is 5.91 Å². The van der Waals surface area contributed by atoms with Crippen molar-refractivity contribution in [3.63, 3.8) is 0 Å². The van der Waals surface area contributed by atoms with E-state index in [1.54, 1.807) is 17.1 Å². The third-order valence-corrected chi connectivity index (χ3v) is 8.54. The van der Waals surface area contributed by atoms with Crippen LogP contribution < -0.4 is 11.1 Å². The van der Waals surface area contributed by atoms with Crippen LogP contribution in [0.4, 0.5) is 5.82 Å². The Hall–Kier alpha value is -4.83. The average Bonchev–Trinajstić information content (AvgIpc) is 3.75. The van der Waals surface area contributed by atoms with Crippen LogP contribution in [0.5, 0.6) is 0 Å². The van der Waals surface area contributed by atoms with E-state index >= 15 is 0 Å². The first-order valence-electron chi connectivity index (χ1n) is 14.4. The third kappa shape index (κ3) is 4.53. The molecule has 212 valence electrons. The number of amides is 1. The van der Waals surface area contributed by atoms with Gasteiger partial charge in [-0.15, -0.1) is 0 Å². The number of imidazole rings is 1. The van der Waals surface area contributed by atoms with Crippen LogP contribution >= 0.6 is 0 Å². The highest BCUT2D eigenvalue weighted by atomic mass is 16.2. The minimum atomic E-state index is 0.0197. The molecule has 42 heavy (non-hydrogen) atoms. The number of carbonyl (C=O) groups excluding carboxylic acids is 1. The summed E-state index contributed by atoms with van der Waals surface area (Å²) in [5.74, 6) is 2.29. The number of piperidine rings is 1. The average molecular weight is 560 g/mol. The van der Waals surface area contributed by atoms with E-state index in [1.807, 2.05) is 41.4 Å². The fraction of sp³-hybridized carbons (Fsp3) is 0.281. The Bertz CT molecular complexity index is 1780. The molecule has 1 aliphatic carbocycles. The minimum absolute atomic E-state index is 0.0197. The Morgan fingerprint density at radius 2 is 1.95 bits per heavy atom. The van der Waals surface area contributed by atoms with Crippen LogP contribution in [0.15, 0.2) is 79.8 Å². The largest absolute Gasteiger partial charge is 0.383 e. The van der Waals surface area contributed by atoms with Gasteiger partial charge in [0.05, 0.1) is 5.56 Å². The van der Waals surface area contributed by atoms with Gasteiger partial charge in [0.25, 0.3) is 0 Å². The summed E-state index contributed by atoms with van der Waals surface area (Å²) in [6.45, 7) is 7.46. The summed E-state index contributed by atoms with van der Waals surface area (Å²) in [7, 11) is 0. The lowest BCUT2D eigenvalue weighted by molar-refractivity contribution is -0.127. The van der Waals surface area contributed by atoms with E-state index in [4.69, 9.17) is 15.7 Å². The molecule has 2 aliphatic rings. The molecule has 1 aromatic carbocycles. The molecular formula is C32H33N9O. The molecule has 0 bridgehead atoms. The highest BCUT2D eigenvalue weighted by Crippen LogP contribution is 2.39. The molecule has 2 atom stereocenters. The Kier molecular flexibility index (Phi) is 6.54. The molecule has 1 saturated heterocycles. The number of anilines is 1. The Morgan fingerprint density at radius 1 is 1.10 bits per heavy atom. The Labute approximate surface area is 243 Å². The van der Waals surface area contributed by atoms with E-state index in [0.29, 0.717) is 29.4 Å². The number of hydrogen-bond donors (Lipinski definition) is 2. The van der Waals surface area contributed by atoms with Gasteiger partial charge < -0.3 is 16.0 Å². The molecule has 1 amide bonds. The summed E-state index contributed by atoms with van der Waals surface area (Å²) in [6.07, 6.45) is 9.56. The first-order valence-corrected chi connectivity index (χ1v) is 14.4. The number of likely N-dealkylation sites (tertiary alicyclic amines) is 1. The SMILES string of the molecule is C=CC(=O)N1CCC(N[C@@H]2c3ccc(-n4c(-c5cccnc5N)nc5ccc(-n6cccn6)nc54)cc3CC2C)CC1. The van der Waals surface area contributed by atoms with Crippen LogP contribution in [0, 0.1) is 5.92 Å². The summed E-state index contributed by atoms with van der Waals surface area (Å²) in [6, 6.07) is 16.9. The molecule has 1 aliphatic heterocycles. The Balaban J connectivity index is 1.26. The number of fused-ring (bicyclic) bond motifs is 2. The fourth-order valence-electron chi connectivity index (χ4n) is 6.40. The monoisotopic (exact) mass is 559 g/mol. The molecule has 10 nitrogen and oxygen atoms in total. The normalized spacial score (nSPS) is 18.8. The predicted molar refractivity (Wildman–Crippen MR) is 162 cm³/mol. The topological polar surface area (TPSA) is 120 Å². The van der Waals surface area contributed by atoms with Gasteiger partial charge in [-0.1, -0.05) is 19.6 Å². The van der Waals surface area contributed by atoms with Crippen molar-refractivity contribution in [1.29, 1.82) is 0 Å². The number of nitrogen functional groups attached to an aromatic ring is 1. The molecule has 3 N–H and O–H groups in total. The Morgan fingerprint density at radius 3 is 2.71 bits per heavy atom. The van der Waals surface area contributed by atoms with Gasteiger partial charge in [-0.25, -0.2) is 19.6 Å². The zero-order chi connectivity index (χ0) is 28.8. The second-order valence-electron chi connectivity index (χ2n) is 11.2. The lowest BCUT2D eigenvalue weighted by atomic mass is 9.98. The van der Waals surface area contributed by atoms with Gasteiger partial charge in [-0.3, -0.25) is 9.36 Å². The van der Waals surface area contributed by atoms with Gasteiger partial charge >= 0.3 is 0 Å². The number of aromatic nitrogens is 6. The lowest BCUT2D eigenvalue weighted by Gasteiger charge is -2.34. The molecule has 0 spiro atoms. The number of nitrogens with two attached hydrogens (primary N) is 1. The molecule has 5 aromatic rings. The summed E-state index contributed by atoms with van der Waals surface area (Å²) < 4.78 is 3.82. The van der Waals surface area contributed by atoms with Crippen molar-refractivity contribution in [2.75, 3.05) is 18.8 Å². The second-order valence-corrected chi connectivity index (χ2v) is 11.2. The number of carbonyl (C=O) groups is 1. The smallest absolute Gasteiger partial charge is 0.245 e. The van der Waals surface area contributed by atoms with Gasteiger partial charge in [0.1, 0.15) is 11.3 Å². The van der Waals surface area contributed by atoms with Crippen molar-refractivity contribution < 1.29 is 4.79 Å². The van der Waals surface area contributed by atoms with E-state index in [0.717, 1.165) is 54.8 Å². The summed E-state index contributed by atoms with van der Waals surface area (Å²) in [5, 5.41) is 8.29. The molecule has 10 heteroatoms. The van der Waals surface area contributed by atoms with Crippen LogP contribution in [0.1, 0.15) is 36.9 Å². The summed E-state index contributed by atoms with van der Waals surface area (Å²) in [5.41, 5.74) is 12.2. The molecule has 0 radical (unpaired) electrons. The van der Waals surface area contributed by atoms with Crippen LogP contribution in [0.3, 0.4) is 0 Å². The van der Waals surface area contributed by atoms with E-state index in [-0.39, 0.29) is 11.9 Å². The van der Waals surface area contributed by atoms with Gasteiger partial charge in [0, 0.05) is 49.5 Å². The van der Waals surface area contributed by atoms with Crippen molar-refractivity contribution in [2.45, 2.75) is 38.3 Å². The number of benzene rings is 1. The third-order valence-electron chi connectivity index (χ3n) is 8.54. The summed E-state index contributed by atoms with van der Waals surface area (Å²) >= 11 is 0. The zero-order valence-electron chi connectivity index (χ0n) is 23.5. The minimum Gasteiger partial charge on any atom is -0.383 e. The van der Waals surface area contributed by atoms with Gasteiger partial charge in [0.15, 0.2) is 17.3 Å². The molecule has 4 aromatic heterocycles. The van der Waals surface area contributed by atoms with Crippen LogP contribution in [0.25, 0.3) is 34.1 Å². The van der Waals surface area contributed by atoms with E-state index in [2.05, 4.69) is 51.7 Å². The van der Waals surface area contributed by atoms with Crippen molar-refractivity contribution in [1.82, 2.24) is 39.5 Å². The molecule has 5 heterocycles. The lowest BCUT2D eigenvalue weighted by Crippen LogP contribution is -2.45. The van der Waals surface area contributed by atoms with Crippen molar-refractivity contribution in [3.8, 4) is 22.9 Å². The molecule has 1 unspecified atom stereocenters. The molecular weight excluding hydrogens is 526 g/mol. The van der Waals surface area contributed by atoms with Crippen LogP contribution in [0.2, 0.25) is 0 Å².